The Bertz CT molecular complexity index is 821. The number of aryl methyl sites for hydroxylation is 1. The normalized spacial score (nSPS) is 12.0. The number of hydrogen-bond acceptors (Lipinski definition) is 3. The fraction of sp³-hybridized carbons (Fsp3) is 0.143. The summed E-state index contributed by atoms with van der Waals surface area (Å²) in [6.45, 7) is 1.79. The number of nitrogen functional groups attached to an aromatic ring is 1. The molecule has 0 radical (unpaired) electrons. The SMILES string of the molecule is Cc1ccc(N)c(-c2cccc3c2cnn3C(F)(F)F)n1. The Morgan fingerprint density at radius 1 is 1.14 bits per heavy atom. The third kappa shape index (κ3) is 2.20. The molecule has 0 saturated heterocycles. The Hall–Kier alpha value is -2.57. The quantitative estimate of drug-likeness (QED) is 0.747. The van der Waals surface area contributed by atoms with Crippen molar-refractivity contribution in [1.82, 2.24) is 14.8 Å². The second-order valence-corrected chi connectivity index (χ2v) is 4.65. The third-order valence-corrected chi connectivity index (χ3v) is 3.17. The standard InChI is InChI=1S/C14H11F3N4/c1-8-5-6-11(18)13(20-8)9-3-2-4-12-10(9)7-19-21(12)14(15,16)17/h2-7H,18H2,1H3. The number of pyridine rings is 1. The number of aromatic nitrogens is 3. The van der Waals surface area contributed by atoms with Crippen molar-refractivity contribution in [1.29, 1.82) is 0 Å². The van der Waals surface area contributed by atoms with E-state index in [-0.39, 0.29) is 10.2 Å². The van der Waals surface area contributed by atoms with Crippen LogP contribution in [0.2, 0.25) is 0 Å². The van der Waals surface area contributed by atoms with Crippen LogP contribution in [0, 0.1) is 6.92 Å². The van der Waals surface area contributed by atoms with Crippen LogP contribution in [0.1, 0.15) is 5.69 Å². The van der Waals surface area contributed by atoms with Crippen molar-refractivity contribution in [3.05, 3.63) is 42.2 Å². The van der Waals surface area contributed by atoms with Crippen molar-refractivity contribution < 1.29 is 13.2 Å². The number of nitrogens with zero attached hydrogens (tertiary/aromatic N) is 3. The van der Waals surface area contributed by atoms with E-state index in [0.717, 1.165) is 5.69 Å². The summed E-state index contributed by atoms with van der Waals surface area (Å²) < 4.78 is 38.7. The van der Waals surface area contributed by atoms with Crippen molar-refractivity contribution >= 4 is 16.6 Å². The van der Waals surface area contributed by atoms with Crippen LogP contribution in [0.25, 0.3) is 22.2 Å². The first-order chi connectivity index (χ1) is 9.88. The van der Waals surface area contributed by atoms with Gasteiger partial charge < -0.3 is 5.73 Å². The summed E-state index contributed by atoms with van der Waals surface area (Å²) >= 11 is 0. The van der Waals surface area contributed by atoms with E-state index in [0.29, 0.717) is 22.3 Å². The molecular weight excluding hydrogens is 281 g/mol. The van der Waals surface area contributed by atoms with E-state index in [9.17, 15) is 13.2 Å². The van der Waals surface area contributed by atoms with E-state index in [1.807, 2.05) is 0 Å². The predicted octanol–water partition coefficient (Wildman–Crippen LogP) is 3.47. The summed E-state index contributed by atoms with van der Waals surface area (Å²) in [7, 11) is 0. The van der Waals surface area contributed by atoms with E-state index < -0.39 is 6.30 Å². The third-order valence-electron chi connectivity index (χ3n) is 3.17. The number of rotatable bonds is 1. The van der Waals surface area contributed by atoms with E-state index >= 15 is 0 Å². The summed E-state index contributed by atoms with van der Waals surface area (Å²) in [5.41, 5.74) is 8.01. The Morgan fingerprint density at radius 3 is 2.62 bits per heavy atom. The molecule has 0 aliphatic carbocycles. The molecule has 0 amide bonds. The van der Waals surface area contributed by atoms with E-state index in [1.165, 1.54) is 18.3 Å². The van der Waals surface area contributed by atoms with Crippen molar-refractivity contribution in [2.24, 2.45) is 0 Å². The molecule has 1 aromatic carbocycles. The smallest absolute Gasteiger partial charge is 0.397 e. The van der Waals surface area contributed by atoms with Gasteiger partial charge in [-0.1, -0.05) is 12.1 Å². The second kappa shape index (κ2) is 4.47. The maximum Gasteiger partial charge on any atom is 0.505 e. The molecule has 0 spiro atoms. The fourth-order valence-electron chi connectivity index (χ4n) is 2.24. The van der Waals surface area contributed by atoms with Gasteiger partial charge in [0.15, 0.2) is 0 Å². The zero-order valence-electron chi connectivity index (χ0n) is 11.0. The molecule has 0 fully saturated rings. The number of alkyl halides is 3. The first kappa shape index (κ1) is 13.4. The van der Waals surface area contributed by atoms with Crippen molar-refractivity contribution in [2.75, 3.05) is 5.73 Å². The highest BCUT2D eigenvalue weighted by Crippen LogP contribution is 2.34. The lowest BCUT2D eigenvalue weighted by Crippen LogP contribution is -2.17. The highest BCUT2D eigenvalue weighted by atomic mass is 19.4. The van der Waals surface area contributed by atoms with Gasteiger partial charge in [0.1, 0.15) is 0 Å². The average Bonchev–Trinajstić information content (AvgIpc) is 2.85. The second-order valence-electron chi connectivity index (χ2n) is 4.65. The van der Waals surface area contributed by atoms with Crippen LogP contribution in [-0.4, -0.2) is 14.8 Å². The maximum atomic E-state index is 12.9. The predicted molar refractivity (Wildman–Crippen MR) is 73.4 cm³/mol. The number of halogens is 3. The zero-order valence-corrected chi connectivity index (χ0v) is 11.0. The van der Waals surface area contributed by atoms with Gasteiger partial charge in [0, 0.05) is 16.6 Å². The van der Waals surface area contributed by atoms with E-state index in [2.05, 4.69) is 10.1 Å². The number of benzene rings is 1. The van der Waals surface area contributed by atoms with Crippen LogP contribution >= 0.6 is 0 Å². The molecule has 0 atom stereocenters. The number of nitrogens with two attached hydrogens (primary N) is 1. The minimum Gasteiger partial charge on any atom is -0.397 e. The lowest BCUT2D eigenvalue weighted by molar-refractivity contribution is -0.209. The molecule has 3 rings (SSSR count). The number of anilines is 1. The van der Waals surface area contributed by atoms with Gasteiger partial charge >= 0.3 is 6.30 Å². The zero-order chi connectivity index (χ0) is 15.2. The maximum absolute atomic E-state index is 12.9. The number of hydrogen-bond donors (Lipinski definition) is 1. The Labute approximate surface area is 118 Å². The molecule has 4 nitrogen and oxygen atoms in total. The number of fused-ring (bicyclic) bond motifs is 1. The summed E-state index contributed by atoms with van der Waals surface area (Å²) in [5.74, 6) is 0. The van der Waals surface area contributed by atoms with Crippen molar-refractivity contribution in [2.45, 2.75) is 13.2 Å². The van der Waals surface area contributed by atoms with E-state index in [4.69, 9.17) is 5.73 Å². The van der Waals surface area contributed by atoms with Gasteiger partial charge in [-0.3, -0.25) is 4.98 Å². The summed E-state index contributed by atoms with van der Waals surface area (Å²) in [5, 5.41) is 3.79. The van der Waals surface area contributed by atoms with Crippen LogP contribution < -0.4 is 5.73 Å². The Balaban J connectivity index is 2.30. The molecule has 7 heteroatoms. The van der Waals surface area contributed by atoms with E-state index in [1.54, 1.807) is 25.1 Å². The van der Waals surface area contributed by atoms with Gasteiger partial charge in [-0.05, 0) is 25.1 Å². The van der Waals surface area contributed by atoms with Gasteiger partial charge in [0.25, 0.3) is 0 Å². The molecule has 2 heterocycles. The monoisotopic (exact) mass is 292 g/mol. The van der Waals surface area contributed by atoms with Gasteiger partial charge in [-0.15, -0.1) is 13.2 Å². The lowest BCUT2D eigenvalue weighted by Gasteiger charge is -2.09. The first-order valence-electron chi connectivity index (χ1n) is 6.15. The molecule has 21 heavy (non-hydrogen) atoms. The van der Waals surface area contributed by atoms with Gasteiger partial charge in [0.05, 0.1) is 23.1 Å². The molecule has 108 valence electrons. The highest BCUT2D eigenvalue weighted by molar-refractivity contribution is 5.96. The van der Waals surface area contributed by atoms with Crippen LogP contribution in [0.15, 0.2) is 36.5 Å². The molecule has 0 unspecified atom stereocenters. The molecule has 0 aliphatic rings. The van der Waals surface area contributed by atoms with Crippen LogP contribution in [0.3, 0.4) is 0 Å². The Kier molecular flexibility index (Phi) is 2.86. The highest BCUT2D eigenvalue weighted by Gasteiger charge is 2.33. The van der Waals surface area contributed by atoms with Gasteiger partial charge in [-0.2, -0.15) is 9.78 Å². The molecule has 2 N–H and O–H groups in total. The molecule has 0 bridgehead atoms. The minimum atomic E-state index is -4.56. The molecule has 0 aliphatic heterocycles. The average molecular weight is 292 g/mol. The van der Waals surface area contributed by atoms with Gasteiger partial charge in [-0.25, -0.2) is 0 Å². The van der Waals surface area contributed by atoms with Crippen molar-refractivity contribution in [3.8, 4) is 11.3 Å². The first-order valence-corrected chi connectivity index (χ1v) is 6.15. The van der Waals surface area contributed by atoms with Crippen LogP contribution in [-0.2, 0) is 6.30 Å². The summed E-state index contributed by atoms with van der Waals surface area (Å²) in [6.07, 6.45) is -3.38. The van der Waals surface area contributed by atoms with Crippen LogP contribution in [0.4, 0.5) is 18.9 Å². The summed E-state index contributed by atoms with van der Waals surface area (Å²) in [6, 6.07) is 8.02. The fourth-order valence-corrected chi connectivity index (χ4v) is 2.24. The molecule has 0 saturated carbocycles. The molecule has 3 aromatic rings. The topological polar surface area (TPSA) is 56.7 Å². The van der Waals surface area contributed by atoms with Gasteiger partial charge in [0.2, 0.25) is 0 Å². The summed E-state index contributed by atoms with van der Waals surface area (Å²) in [4.78, 5) is 4.32. The minimum absolute atomic E-state index is 0.0253. The van der Waals surface area contributed by atoms with Crippen molar-refractivity contribution in [3.63, 3.8) is 0 Å². The Morgan fingerprint density at radius 2 is 1.90 bits per heavy atom. The molecule has 2 aromatic heterocycles. The van der Waals surface area contributed by atoms with Crippen LogP contribution in [0.5, 0.6) is 0 Å². The molecular formula is C14H11F3N4. The lowest BCUT2D eigenvalue weighted by atomic mass is 10.1. The largest absolute Gasteiger partial charge is 0.505 e.